The fourth-order valence-electron chi connectivity index (χ4n) is 3.29. The third kappa shape index (κ3) is 3.26. The van der Waals surface area contributed by atoms with Crippen molar-refractivity contribution in [3.05, 3.63) is 41.7 Å². The Balaban J connectivity index is 1.65. The van der Waals surface area contributed by atoms with Gasteiger partial charge in [0.25, 0.3) is 5.91 Å². The van der Waals surface area contributed by atoms with Gasteiger partial charge in [0, 0.05) is 43.9 Å². The van der Waals surface area contributed by atoms with Crippen LogP contribution in [0.2, 0.25) is 0 Å². The molecule has 2 fully saturated rings. The molecule has 1 saturated heterocycles. The van der Waals surface area contributed by atoms with Gasteiger partial charge in [-0.2, -0.15) is 5.10 Å². The molecule has 6 heteroatoms. The van der Waals surface area contributed by atoms with Crippen molar-refractivity contribution in [3.8, 4) is 11.4 Å². The maximum atomic E-state index is 12.9. The first-order chi connectivity index (χ1) is 12.2. The Hall–Kier alpha value is -2.34. The largest absolute Gasteiger partial charge is 0.497 e. The van der Waals surface area contributed by atoms with Crippen LogP contribution >= 0.6 is 0 Å². The summed E-state index contributed by atoms with van der Waals surface area (Å²) in [5.74, 6) is 1.34. The molecule has 0 radical (unpaired) electrons. The average Bonchev–Trinajstić information content (AvgIpc) is 3.40. The summed E-state index contributed by atoms with van der Waals surface area (Å²) in [5.41, 5.74) is 2.62. The summed E-state index contributed by atoms with van der Waals surface area (Å²) >= 11 is 0. The van der Waals surface area contributed by atoms with Gasteiger partial charge < -0.3 is 14.5 Å². The van der Waals surface area contributed by atoms with Crippen molar-refractivity contribution in [2.75, 3.05) is 40.3 Å². The van der Waals surface area contributed by atoms with Crippen LogP contribution in [0.15, 0.2) is 30.3 Å². The van der Waals surface area contributed by atoms with Crippen molar-refractivity contribution in [1.82, 2.24) is 19.6 Å². The number of amides is 1. The zero-order chi connectivity index (χ0) is 17.4. The van der Waals surface area contributed by atoms with Gasteiger partial charge in [-0.3, -0.25) is 4.79 Å². The Kier molecular flexibility index (Phi) is 4.21. The van der Waals surface area contributed by atoms with Gasteiger partial charge in [0.05, 0.1) is 12.8 Å². The number of nitrogens with zero attached hydrogens (tertiary/aromatic N) is 4. The lowest BCUT2D eigenvalue weighted by atomic mass is 10.2. The fourth-order valence-corrected chi connectivity index (χ4v) is 3.29. The number of hydrogen-bond acceptors (Lipinski definition) is 4. The number of benzene rings is 1. The third-order valence-corrected chi connectivity index (χ3v) is 5.04. The van der Waals surface area contributed by atoms with Crippen LogP contribution < -0.4 is 4.74 Å². The minimum Gasteiger partial charge on any atom is -0.497 e. The molecule has 132 valence electrons. The third-order valence-electron chi connectivity index (χ3n) is 5.04. The Bertz CT molecular complexity index is 773. The van der Waals surface area contributed by atoms with Crippen LogP contribution in [0.4, 0.5) is 0 Å². The van der Waals surface area contributed by atoms with Gasteiger partial charge in [-0.1, -0.05) is 6.07 Å². The quantitative estimate of drug-likeness (QED) is 0.856. The molecule has 2 heterocycles. The molecule has 25 heavy (non-hydrogen) atoms. The molecule has 0 N–H and O–H groups in total. The minimum atomic E-state index is 0.0386. The number of aromatic nitrogens is 2. The van der Waals surface area contributed by atoms with E-state index in [1.165, 1.54) is 0 Å². The van der Waals surface area contributed by atoms with E-state index in [-0.39, 0.29) is 5.91 Å². The maximum Gasteiger partial charge on any atom is 0.274 e. The normalized spacial score (nSPS) is 18.4. The van der Waals surface area contributed by atoms with Gasteiger partial charge >= 0.3 is 0 Å². The number of carbonyl (C=O) groups excluding carboxylic acids is 1. The molecule has 1 amide bonds. The van der Waals surface area contributed by atoms with Gasteiger partial charge in [0.15, 0.2) is 5.69 Å². The lowest BCUT2D eigenvalue weighted by Crippen LogP contribution is -2.47. The van der Waals surface area contributed by atoms with Crippen LogP contribution in [0.25, 0.3) is 5.69 Å². The second kappa shape index (κ2) is 6.52. The summed E-state index contributed by atoms with van der Waals surface area (Å²) in [6, 6.07) is 9.82. The molecule has 6 nitrogen and oxygen atoms in total. The topological polar surface area (TPSA) is 50.6 Å². The molecule has 0 unspecified atom stereocenters. The van der Waals surface area contributed by atoms with Crippen molar-refractivity contribution in [1.29, 1.82) is 0 Å². The Morgan fingerprint density at radius 2 is 1.92 bits per heavy atom. The van der Waals surface area contributed by atoms with Crippen LogP contribution in [-0.4, -0.2) is 65.8 Å². The summed E-state index contributed by atoms with van der Waals surface area (Å²) in [7, 11) is 3.75. The van der Waals surface area contributed by atoms with Crippen molar-refractivity contribution in [3.63, 3.8) is 0 Å². The predicted octanol–water partition coefficient (Wildman–Crippen LogP) is 2.15. The zero-order valence-electron chi connectivity index (χ0n) is 14.8. The summed E-state index contributed by atoms with van der Waals surface area (Å²) in [6.45, 7) is 3.36. The molecule has 2 aliphatic rings. The lowest BCUT2D eigenvalue weighted by Gasteiger charge is -2.31. The van der Waals surface area contributed by atoms with E-state index in [0.29, 0.717) is 11.6 Å². The van der Waals surface area contributed by atoms with E-state index in [2.05, 4.69) is 17.0 Å². The Morgan fingerprint density at radius 3 is 2.60 bits per heavy atom. The molecule has 1 aromatic heterocycles. The monoisotopic (exact) mass is 340 g/mol. The van der Waals surface area contributed by atoms with Gasteiger partial charge in [-0.15, -0.1) is 0 Å². The Labute approximate surface area is 148 Å². The number of hydrogen-bond donors (Lipinski definition) is 0. The molecule has 1 aliphatic carbocycles. The van der Waals surface area contributed by atoms with Gasteiger partial charge in [0.2, 0.25) is 0 Å². The van der Waals surface area contributed by atoms with Gasteiger partial charge in [-0.05, 0) is 38.1 Å². The molecular formula is C19H24N4O2. The molecule has 0 spiro atoms. The molecule has 1 aliphatic heterocycles. The molecule has 2 aromatic rings. The number of likely N-dealkylation sites (N-methyl/N-ethyl adjacent to an activating group) is 1. The maximum absolute atomic E-state index is 12.9. The van der Waals surface area contributed by atoms with E-state index in [4.69, 9.17) is 4.74 Å². The van der Waals surface area contributed by atoms with Crippen LogP contribution in [0.1, 0.15) is 34.9 Å². The van der Waals surface area contributed by atoms with Crippen molar-refractivity contribution in [2.24, 2.45) is 0 Å². The summed E-state index contributed by atoms with van der Waals surface area (Å²) in [6.07, 6.45) is 2.33. The number of piperazine rings is 1. The molecule has 4 rings (SSSR count). The smallest absolute Gasteiger partial charge is 0.274 e. The first-order valence-electron chi connectivity index (χ1n) is 8.88. The predicted molar refractivity (Wildman–Crippen MR) is 95.5 cm³/mol. The van der Waals surface area contributed by atoms with Gasteiger partial charge in [0.1, 0.15) is 5.75 Å². The first-order valence-corrected chi connectivity index (χ1v) is 8.88. The highest BCUT2D eigenvalue weighted by Crippen LogP contribution is 2.41. The van der Waals surface area contributed by atoms with Crippen LogP contribution in [0.3, 0.4) is 0 Å². The number of methoxy groups -OCH3 is 1. The fraction of sp³-hybridized carbons (Fsp3) is 0.474. The van der Waals surface area contributed by atoms with Gasteiger partial charge in [-0.25, -0.2) is 4.68 Å². The zero-order valence-corrected chi connectivity index (χ0v) is 14.8. The number of ether oxygens (including phenoxy) is 1. The van der Waals surface area contributed by atoms with Crippen molar-refractivity contribution < 1.29 is 9.53 Å². The van der Waals surface area contributed by atoms with E-state index < -0.39 is 0 Å². The van der Waals surface area contributed by atoms with E-state index in [9.17, 15) is 4.79 Å². The van der Waals surface area contributed by atoms with Crippen LogP contribution in [0, 0.1) is 0 Å². The summed E-state index contributed by atoms with van der Waals surface area (Å²) in [4.78, 5) is 17.0. The second-order valence-electron chi connectivity index (χ2n) is 6.94. The summed E-state index contributed by atoms with van der Waals surface area (Å²) in [5, 5.41) is 4.67. The van der Waals surface area contributed by atoms with E-state index in [1.54, 1.807) is 7.11 Å². The number of carbonyl (C=O) groups is 1. The van der Waals surface area contributed by atoms with E-state index >= 15 is 0 Å². The molecule has 1 saturated carbocycles. The highest BCUT2D eigenvalue weighted by Gasteiger charge is 2.31. The molecule has 0 bridgehead atoms. The van der Waals surface area contributed by atoms with Crippen molar-refractivity contribution in [2.45, 2.75) is 18.8 Å². The first kappa shape index (κ1) is 16.1. The van der Waals surface area contributed by atoms with E-state index in [0.717, 1.165) is 56.2 Å². The van der Waals surface area contributed by atoms with Crippen LogP contribution in [-0.2, 0) is 0 Å². The second-order valence-corrected chi connectivity index (χ2v) is 6.94. The van der Waals surface area contributed by atoms with E-state index in [1.807, 2.05) is 39.9 Å². The average molecular weight is 340 g/mol. The Morgan fingerprint density at radius 1 is 1.16 bits per heavy atom. The SMILES string of the molecule is COc1cccc(-n2nc(C(=O)N3CCN(C)CC3)cc2C2CC2)c1. The molecule has 0 atom stereocenters. The minimum absolute atomic E-state index is 0.0386. The highest BCUT2D eigenvalue weighted by molar-refractivity contribution is 5.92. The lowest BCUT2D eigenvalue weighted by molar-refractivity contribution is 0.0657. The van der Waals surface area contributed by atoms with Crippen LogP contribution in [0.5, 0.6) is 5.75 Å². The standard InChI is InChI=1S/C19H24N4O2/c1-21-8-10-22(11-9-21)19(24)17-13-18(14-6-7-14)23(20-17)15-4-3-5-16(12-15)25-2/h3-5,12-14H,6-11H2,1-2H3. The van der Waals surface area contributed by atoms with Crippen molar-refractivity contribution >= 4 is 5.91 Å². The molecule has 1 aromatic carbocycles. The summed E-state index contributed by atoms with van der Waals surface area (Å²) < 4.78 is 7.25. The highest BCUT2D eigenvalue weighted by atomic mass is 16.5. The number of rotatable bonds is 4. The molecular weight excluding hydrogens is 316 g/mol.